The molecule has 0 fully saturated rings. The summed E-state index contributed by atoms with van der Waals surface area (Å²) in [6.45, 7) is 3.96. The van der Waals surface area contributed by atoms with E-state index in [1.807, 2.05) is 36.7 Å². The first-order valence-corrected chi connectivity index (χ1v) is 7.26. The van der Waals surface area contributed by atoms with Gasteiger partial charge in [-0.3, -0.25) is 0 Å². The summed E-state index contributed by atoms with van der Waals surface area (Å²) in [5.41, 5.74) is 1.05. The summed E-state index contributed by atoms with van der Waals surface area (Å²) >= 11 is 0. The van der Waals surface area contributed by atoms with Gasteiger partial charge in [-0.15, -0.1) is 0 Å². The molecule has 1 aromatic carbocycles. The highest BCUT2D eigenvalue weighted by Gasteiger charge is 1.99. The number of hydrogen-bond acceptors (Lipinski definition) is 4. The van der Waals surface area contributed by atoms with Crippen LogP contribution in [0.4, 0.5) is 0 Å². The Labute approximate surface area is 125 Å². The van der Waals surface area contributed by atoms with Gasteiger partial charge in [-0.1, -0.05) is 18.2 Å². The van der Waals surface area contributed by atoms with Gasteiger partial charge in [0.15, 0.2) is 0 Å². The average molecular weight is 289 g/mol. The Morgan fingerprint density at radius 1 is 1.19 bits per heavy atom. The molecule has 0 spiro atoms. The van der Waals surface area contributed by atoms with Crippen LogP contribution in [0.25, 0.3) is 0 Å². The largest absolute Gasteiger partial charge is 0.494 e. The molecule has 0 saturated carbocycles. The molecule has 5 heteroatoms. The van der Waals surface area contributed by atoms with Crippen LogP contribution in [0.1, 0.15) is 12.1 Å². The number of nitrogens with zero attached hydrogens (tertiary/aromatic N) is 2. The molecule has 0 aliphatic heterocycles. The van der Waals surface area contributed by atoms with Crippen LogP contribution in [0.15, 0.2) is 42.9 Å². The molecule has 5 nitrogen and oxygen atoms in total. The Morgan fingerprint density at radius 2 is 2.05 bits per heavy atom. The van der Waals surface area contributed by atoms with Gasteiger partial charge < -0.3 is 19.4 Å². The van der Waals surface area contributed by atoms with Crippen molar-refractivity contribution in [2.75, 3.05) is 26.9 Å². The highest BCUT2D eigenvalue weighted by atomic mass is 16.5. The van der Waals surface area contributed by atoms with Crippen molar-refractivity contribution in [3.63, 3.8) is 0 Å². The van der Waals surface area contributed by atoms with Crippen LogP contribution in [-0.2, 0) is 17.8 Å². The highest BCUT2D eigenvalue weighted by Crippen LogP contribution is 2.08. The number of benzene rings is 1. The summed E-state index contributed by atoms with van der Waals surface area (Å²) in [5.74, 6) is 0.922. The van der Waals surface area contributed by atoms with Gasteiger partial charge >= 0.3 is 0 Å². The summed E-state index contributed by atoms with van der Waals surface area (Å²) in [4.78, 5) is 4.37. The van der Waals surface area contributed by atoms with Gasteiger partial charge in [-0.2, -0.15) is 0 Å². The molecule has 0 saturated heterocycles. The fraction of sp³-hybridized carbons (Fsp3) is 0.438. The molecule has 2 rings (SSSR count). The molecule has 1 N–H and O–H groups in total. The number of para-hydroxylation sites is 1. The van der Waals surface area contributed by atoms with Gasteiger partial charge in [0, 0.05) is 32.9 Å². The van der Waals surface area contributed by atoms with E-state index in [4.69, 9.17) is 9.47 Å². The fourth-order valence-electron chi connectivity index (χ4n) is 1.96. The van der Waals surface area contributed by atoms with Crippen LogP contribution in [0.2, 0.25) is 0 Å². The Bertz CT molecular complexity index is 499. The maximum absolute atomic E-state index is 5.67. The normalized spacial score (nSPS) is 10.7. The minimum absolute atomic E-state index is 0.712. The minimum atomic E-state index is 0.712. The van der Waals surface area contributed by atoms with E-state index in [9.17, 15) is 0 Å². The molecule has 1 aromatic heterocycles. The minimum Gasteiger partial charge on any atom is -0.494 e. The van der Waals surface area contributed by atoms with Gasteiger partial charge in [-0.25, -0.2) is 4.98 Å². The van der Waals surface area contributed by atoms with E-state index in [0.29, 0.717) is 6.61 Å². The lowest BCUT2D eigenvalue weighted by molar-refractivity contribution is 0.199. The molecule has 1 heterocycles. The second-order valence-electron chi connectivity index (χ2n) is 4.79. The van der Waals surface area contributed by atoms with Crippen molar-refractivity contribution in [2.45, 2.75) is 19.5 Å². The van der Waals surface area contributed by atoms with E-state index < -0.39 is 0 Å². The Balaban J connectivity index is 1.61. The van der Waals surface area contributed by atoms with Crippen molar-refractivity contribution in [1.82, 2.24) is 14.9 Å². The number of imidazole rings is 1. The second kappa shape index (κ2) is 9.15. The van der Waals surface area contributed by atoms with E-state index in [2.05, 4.69) is 21.1 Å². The van der Waals surface area contributed by atoms with Gasteiger partial charge in [0.1, 0.15) is 5.75 Å². The van der Waals surface area contributed by atoms with E-state index in [1.165, 1.54) is 0 Å². The summed E-state index contributed by atoms with van der Waals surface area (Å²) in [7, 11) is 1.70. The summed E-state index contributed by atoms with van der Waals surface area (Å²) in [5, 5.41) is 3.28. The maximum atomic E-state index is 5.67. The molecule has 0 bridgehead atoms. The second-order valence-corrected chi connectivity index (χ2v) is 4.79. The van der Waals surface area contributed by atoms with Gasteiger partial charge in [0.05, 0.1) is 25.2 Å². The lowest BCUT2D eigenvalue weighted by Gasteiger charge is -2.06. The lowest BCUT2D eigenvalue weighted by atomic mass is 10.3. The molecule has 0 aliphatic carbocycles. The van der Waals surface area contributed by atoms with Crippen molar-refractivity contribution < 1.29 is 9.47 Å². The first-order chi connectivity index (χ1) is 10.4. The Morgan fingerprint density at radius 3 is 2.86 bits per heavy atom. The predicted octanol–water partition coefficient (Wildman–Crippen LogP) is 2.09. The number of nitrogens with one attached hydrogen (secondary N) is 1. The van der Waals surface area contributed by atoms with Crippen LogP contribution in [0, 0.1) is 0 Å². The van der Waals surface area contributed by atoms with E-state index in [-0.39, 0.29) is 0 Å². The van der Waals surface area contributed by atoms with E-state index >= 15 is 0 Å². The third-order valence-corrected chi connectivity index (χ3v) is 3.05. The van der Waals surface area contributed by atoms with Gasteiger partial charge in [0.25, 0.3) is 0 Å². The zero-order valence-electron chi connectivity index (χ0n) is 12.5. The number of rotatable bonds is 10. The fourth-order valence-corrected chi connectivity index (χ4v) is 1.96. The first kappa shape index (κ1) is 15.5. The van der Waals surface area contributed by atoms with Gasteiger partial charge in [0.2, 0.25) is 0 Å². The molecule has 2 aromatic rings. The van der Waals surface area contributed by atoms with Crippen molar-refractivity contribution in [3.05, 3.63) is 48.5 Å². The number of aryl methyl sites for hydroxylation is 1. The molecule has 0 radical (unpaired) electrons. The average Bonchev–Trinajstić information content (AvgIpc) is 2.97. The zero-order chi connectivity index (χ0) is 14.8. The number of aromatic nitrogens is 2. The monoisotopic (exact) mass is 289 g/mol. The van der Waals surface area contributed by atoms with Gasteiger partial charge in [-0.05, 0) is 18.6 Å². The summed E-state index contributed by atoms with van der Waals surface area (Å²) < 4.78 is 12.8. The van der Waals surface area contributed by atoms with Crippen LogP contribution in [-0.4, -0.2) is 36.4 Å². The standard InChI is InChI=1S/C16H23N3O2/c1-20-11-8-17-12-15-13-19(14-18-15)9-5-10-21-16-6-3-2-4-7-16/h2-4,6-7,13-14,17H,5,8-12H2,1H3. The number of methoxy groups -OCH3 is 1. The summed E-state index contributed by atoms with van der Waals surface area (Å²) in [6, 6.07) is 9.89. The van der Waals surface area contributed by atoms with Crippen LogP contribution < -0.4 is 10.1 Å². The van der Waals surface area contributed by atoms with Crippen molar-refractivity contribution >= 4 is 0 Å². The Kier molecular flexibility index (Phi) is 6.77. The first-order valence-electron chi connectivity index (χ1n) is 7.26. The number of ether oxygens (including phenoxy) is 2. The van der Waals surface area contributed by atoms with E-state index in [1.54, 1.807) is 7.11 Å². The molecule has 0 aliphatic rings. The van der Waals surface area contributed by atoms with Crippen LogP contribution in [0.3, 0.4) is 0 Å². The van der Waals surface area contributed by atoms with Crippen LogP contribution >= 0.6 is 0 Å². The molecule has 0 atom stereocenters. The lowest BCUT2D eigenvalue weighted by Crippen LogP contribution is -2.18. The topological polar surface area (TPSA) is 48.3 Å². The zero-order valence-corrected chi connectivity index (χ0v) is 12.5. The third-order valence-electron chi connectivity index (χ3n) is 3.05. The van der Waals surface area contributed by atoms with Crippen molar-refractivity contribution in [1.29, 1.82) is 0 Å². The van der Waals surface area contributed by atoms with Crippen molar-refractivity contribution in [3.8, 4) is 5.75 Å². The molecule has 21 heavy (non-hydrogen) atoms. The quantitative estimate of drug-likeness (QED) is 0.680. The van der Waals surface area contributed by atoms with Crippen molar-refractivity contribution in [2.24, 2.45) is 0 Å². The predicted molar refractivity (Wildman–Crippen MR) is 82.4 cm³/mol. The number of hydrogen-bond donors (Lipinski definition) is 1. The maximum Gasteiger partial charge on any atom is 0.119 e. The molecular formula is C16H23N3O2. The summed E-state index contributed by atoms with van der Waals surface area (Å²) in [6.07, 6.45) is 4.90. The molecule has 114 valence electrons. The SMILES string of the molecule is COCCNCc1cn(CCCOc2ccccc2)cn1. The smallest absolute Gasteiger partial charge is 0.119 e. The molecule has 0 amide bonds. The van der Waals surface area contributed by atoms with E-state index in [0.717, 1.165) is 44.1 Å². The molecular weight excluding hydrogens is 266 g/mol. The molecule has 0 unspecified atom stereocenters. The Hall–Kier alpha value is -1.85. The highest BCUT2D eigenvalue weighted by molar-refractivity contribution is 5.20. The third kappa shape index (κ3) is 5.97. The van der Waals surface area contributed by atoms with Crippen LogP contribution in [0.5, 0.6) is 5.75 Å².